The lowest BCUT2D eigenvalue weighted by Crippen LogP contribution is -2.14. The van der Waals surface area contributed by atoms with Crippen molar-refractivity contribution < 1.29 is 38.9 Å². The van der Waals surface area contributed by atoms with Crippen molar-refractivity contribution in [2.45, 2.75) is 26.7 Å². The molecule has 0 saturated heterocycles. The minimum Gasteiger partial charge on any atom is -0.481 e. The van der Waals surface area contributed by atoms with E-state index in [0.717, 1.165) is 0 Å². The molecule has 0 spiro atoms. The molecule has 0 unspecified atom stereocenters. The molecule has 0 aliphatic carbocycles. The van der Waals surface area contributed by atoms with Gasteiger partial charge >= 0.3 is 23.9 Å². The van der Waals surface area contributed by atoms with E-state index in [1.165, 1.54) is 0 Å². The van der Waals surface area contributed by atoms with Gasteiger partial charge in [0.05, 0.1) is 12.8 Å². The predicted octanol–water partition coefficient (Wildman–Crippen LogP) is 1.16. The number of carbonyl (C=O) groups excluding carboxylic acids is 2. The Morgan fingerprint density at radius 2 is 1.05 bits per heavy atom. The zero-order valence-electron chi connectivity index (χ0n) is 12.6. The molecule has 8 nitrogen and oxygen atoms in total. The predicted molar refractivity (Wildman–Crippen MR) is 76.1 cm³/mol. The third-order valence-corrected chi connectivity index (χ3v) is 1.80. The topological polar surface area (TPSA) is 127 Å². The summed E-state index contributed by atoms with van der Waals surface area (Å²) in [4.78, 5) is 41.0. The van der Waals surface area contributed by atoms with Gasteiger partial charge in [0, 0.05) is 11.1 Å². The molecule has 0 saturated carbocycles. The van der Waals surface area contributed by atoms with E-state index in [1.807, 2.05) is 0 Å². The van der Waals surface area contributed by atoms with Gasteiger partial charge in [-0.2, -0.15) is 0 Å². The molecule has 2 N–H and O–H groups in total. The molecule has 0 rings (SSSR count). The number of carbonyl (C=O) groups is 4. The minimum atomic E-state index is -1.08. The quantitative estimate of drug-likeness (QED) is 0.388. The summed E-state index contributed by atoms with van der Waals surface area (Å²) in [6, 6.07) is 0. The van der Waals surface area contributed by atoms with Gasteiger partial charge in [-0.15, -0.1) is 0 Å². The SMILES string of the molecule is C=C(C)C(=O)OCCOC(=O)C(=C)C.O=C(O)CCC(=O)O. The zero-order chi connectivity index (χ0) is 17.7. The van der Waals surface area contributed by atoms with Crippen LogP contribution in [-0.4, -0.2) is 47.3 Å². The van der Waals surface area contributed by atoms with Crippen molar-refractivity contribution in [1.29, 1.82) is 0 Å². The summed E-state index contributed by atoms with van der Waals surface area (Å²) < 4.78 is 9.38. The van der Waals surface area contributed by atoms with Gasteiger partial charge in [0.25, 0.3) is 0 Å². The first-order valence-corrected chi connectivity index (χ1v) is 6.16. The van der Waals surface area contributed by atoms with E-state index in [0.29, 0.717) is 11.1 Å². The molecular weight excluding hydrogens is 296 g/mol. The van der Waals surface area contributed by atoms with Crippen LogP contribution >= 0.6 is 0 Å². The fourth-order valence-corrected chi connectivity index (χ4v) is 0.729. The van der Waals surface area contributed by atoms with E-state index in [9.17, 15) is 19.2 Å². The van der Waals surface area contributed by atoms with Crippen LogP contribution in [0.2, 0.25) is 0 Å². The van der Waals surface area contributed by atoms with Crippen molar-refractivity contribution in [3.05, 3.63) is 24.3 Å². The van der Waals surface area contributed by atoms with Crippen molar-refractivity contribution in [2.75, 3.05) is 13.2 Å². The van der Waals surface area contributed by atoms with Crippen LogP contribution in [0, 0.1) is 0 Å². The van der Waals surface area contributed by atoms with Gasteiger partial charge in [-0.25, -0.2) is 9.59 Å². The second kappa shape index (κ2) is 12.1. The molecular formula is C14H20O8. The molecule has 0 radical (unpaired) electrons. The molecule has 0 atom stereocenters. The zero-order valence-corrected chi connectivity index (χ0v) is 12.6. The van der Waals surface area contributed by atoms with Crippen LogP contribution in [0.15, 0.2) is 24.3 Å². The lowest BCUT2D eigenvalue weighted by Gasteiger charge is -2.05. The Balaban J connectivity index is 0. The maximum atomic E-state index is 10.8. The molecule has 0 aromatic carbocycles. The number of ether oxygens (including phenoxy) is 2. The summed E-state index contributed by atoms with van der Waals surface area (Å²) in [6.45, 7) is 9.95. The Kier molecular flexibility index (Phi) is 11.9. The fraction of sp³-hybridized carbons (Fsp3) is 0.429. The second-order valence-electron chi connectivity index (χ2n) is 4.12. The number of hydrogen-bond donors (Lipinski definition) is 2. The lowest BCUT2D eigenvalue weighted by molar-refractivity contribution is -0.147. The number of carboxylic acid groups (broad SMARTS) is 2. The van der Waals surface area contributed by atoms with Crippen LogP contribution in [0.5, 0.6) is 0 Å². The van der Waals surface area contributed by atoms with E-state index in [-0.39, 0.29) is 26.1 Å². The standard InChI is InChI=1S/C10H14O4.C4H6O4/c1-7(2)9(11)13-5-6-14-10(12)8(3)4;5-3(6)1-2-4(7)8/h1,3,5-6H2,2,4H3;1-2H2,(H,5,6)(H,7,8). The maximum Gasteiger partial charge on any atom is 0.333 e. The van der Waals surface area contributed by atoms with Crippen molar-refractivity contribution >= 4 is 23.9 Å². The Morgan fingerprint density at radius 1 is 0.773 bits per heavy atom. The van der Waals surface area contributed by atoms with Crippen LogP contribution in [0.1, 0.15) is 26.7 Å². The van der Waals surface area contributed by atoms with E-state index in [1.54, 1.807) is 13.8 Å². The van der Waals surface area contributed by atoms with Gasteiger partial charge in [-0.1, -0.05) is 13.2 Å². The van der Waals surface area contributed by atoms with Gasteiger partial charge in [0.2, 0.25) is 0 Å². The molecule has 0 fully saturated rings. The van der Waals surface area contributed by atoms with Crippen molar-refractivity contribution in [2.24, 2.45) is 0 Å². The van der Waals surface area contributed by atoms with Crippen LogP contribution in [0.4, 0.5) is 0 Å². The van der Waals surface area contributed by atoms with E-state index >= 15 is 0 Å². The van der Waals surface area contributed by atoms with E-state index in [2.05, 4.69) is 22.6 Å². The average molecular weight is 316 g/mol. The fourth-order valence-electron chi connectivity index (χ4n) is 0.729. The molecule has 22 heavy (non-hydrogen) atoms. The van der Waals surface area contributed by atoms with Crippen molar-refractivity contribution in [3.63, 3.8) is 0 Å². The highest BCUT2D eigenvalue weighted by Gasteiger charge is 2.05. The summed E-state index contributed by atoms with van der Waals surface area (Å²) in [7, 11) is 0. The Hall–Kier alpha value is -2.64. The monoisotopic (exact) mass is 316 g/mol. The van der Waals surface area contributed by atoms with Gasteiger partial charge < -0.3 is 19.7 Å². The van der Waals surface area contributed by atoms with Crippen LogP contribution in [-0.2, 0) is 28.7 Å². The molecule has 0 aliphatic heterocycles. The normalized spacial score (nSPS) is 8.82. The first kappa shape index (κ1) is 21.7. The molecule has 8 heteroatoms. The van der Waals surface area contributed by atoms with Crippen molar-refractivity contribution in [3.8, 4) is 0 Å². The summed E-state index contributed by atoms with van der Waals surface area (Å²) >= 11 is 0. The molecule has 0 bridgehead atoms. The van der Waals surface area contributed by atoms with Crippen LogP contribution in [0.25, 0.3) is 0 Å². The number of esters is 2. The highest BCUT2D eigenvalue weighted by atomic mass is 16.6. The van der Waals surface area contributed by atoms with Gasteiger partial charge in [-0.05, 0) is 13.8 Å². The first-order valence-electron chi connectivity index (χ1n) is 6.16. The summed E-state index contributed by atoms with van der Waals surface area (Å²) in [5.74, 6) is -3.13. The third-order valence-electron chi connectivity index (χ3n) is 1.80. The summed E-state index contributed by atoms with van der Waals surface area (Å²) in [5, 5.41) is 15.8. The molecule has 0 amide bonds. The average Bonchev–Trinajstić information content (AvgIpc) is 2.41. The first-order chi connectivity index (χ1) is 10.1. The van der Waals surface area contributed by atoms with E-state index in [4.69, 9.17) is 10.2 Å². The molecule has 0 heterocycles. The number of aliphatic carboxylic acids is 2. The molecule has 0 aliphatic rings. The summed E-state index contributed by atoms with van der Waals surface area (Å²) in [6.07, 6.45) is -0.593. The second-order valence-corrected chi connectivity index (χ2v) is 4.12. The van der Waals surface area contributed by atoms with E-state index < -0.39 is 23.9 Å². The lowest BCUT2D eigenvalue weighted by atomic mass is 10.3. The van der Waals surface area contributed by atoms with Gasteiger partial charge in [0.1, 0.15) is 13.2 Å². The Morgan fingerprint density at radius 3 is 1.23 bits per heavy atom. The van der Waals surface area contributed by atoms with Gasteiger partial charge in [-0.3, -0.25) is 9.59 Å². The Bertz CT molecular complexity index is 408. The van der Waals surface area contributed by atoms with Gasteiger partial charge in [0.15, 0.2) is 0 Å². The van der Waals surface area contributed by atoms with Crippen LogP contribution < -0.4 is 0 Å². The van der Waals surface area contributed by atoms with Crippen LogP contribution in [0.3, 0.4) is 0 Å². The minimum absolute atomic E-state index is 0.0325. The highest BCUT2D eigenvalue weighted by molar-refractivity contribution is 5.87. The summed E-state index contributed by atoms with van der Waals surface area (Å²) in [5.41, 5.74) is 0.632. The number of rotatable bonds is 8. The smallest absolute Gasteiger partial charge is 0.333 e. The number of hydrogen-bond acceptors (Lipinski definition) is 6. The Labute approximate surface area is 128 Å². The molecule has 0 aromatic rings. The van der Waals surface area contributed by atoms with Crippen molar-refractivity contribution in [1.82, 2.24) is 0 Å². The number of carboxylic acids is 2. The largest absolute Gasteiger partial charge is 0.481 e. The maximum absolute atomic E-state index is 10.8. The molecule has 124 valence electrons. The molecule has 0 aromatic heterocycles. The highest BCUT2D eigenvalue weighted by Crippen LogP contribution is 1.94. The third kappa shape index (κ3) is 15.4.